The Kier molecular flexibility index (Phi) is 8.43. The van der Waals surface area contributed by atoms with Gasteiger partial charge in [-0.1, -0.05) is 19.1 Å². The van der Waals surface area contributed by atoms with Crippen LogP contribution < -0.4 is 19.7 Å². The molecular formula is C25H35N3O5S. The average Bonchev–Trinajstić information content (AvgIpc) is 2.83. The molecule has 0 unspecified atom stereocenters. The van der Waals surface area contributed by atoms with Crippen LogP contribution in [0.15, 0.2) is 47.4 Å². The largest absolute Gasteiger partial charge is 0.493 e. The van der Waals surface area contributed by atoms with Crippen LogP contribution in [0.4, 0.5) is 5.69 Å². The highest BCUT2D eigenvalue weighted by molar-refractivity contribution is 7.89. The molecule has 1 amide bonds. The molecule has 2 aromatic rings. The number of hydrogen-bond acceptors (Lipinski definition) is 6. The molecule has 34 heavy (non-hydrogen) atoms. The summed E-state index contributed by atoms with van der Waals surface area (Å²) >= 11 is 0. The smallest absolute Gasteiger partial charge is 0.243 e. The van der Waals surface area contributed by atoms with Gasteiger partial charge in [0.2, 0.25) is 15.9 Å². The maximum atomic E-state index is 12.9. The van der Waals surface area contributed by atoms with E-state index < -0.39 is 10.0 Å². The first kappa shape index (κ1) is 25.8. The highest BCUT2D eigenvalue weighted by Gasteiger charge is 2.25. The number of piperidine rings is 1. The van der Waals surface area contributed by atoms with Crippen LogP contribution in [0.25, 0.3) is 0 Å². The third-order valence-corrected chi connectivity index (χ3v) is 8.15. The van der Waals surface area contributed by atoms with Crippen molar-refractivity contribution in [1.82, 2.24) is 9.62 Å². The van der Waals surface area contributed by atoms with Gasteiger partial charge >= 0.3 is 0 Å². The summed E-state index contributed by atoms with van der Waals surface area (Å²) in [6.45, 7) is 6.01. The number of hydrogen-bond donors (Lipinski definition) is 1. The monoisotopic (exact) mass is 489 g/mol. The van der Waals surface area contributed by atoms with Crippen LogP contribution in [0, 0.1) is 5.92 Å². The highest BCUT2D eigenvalue weighted by Crippen LogP contribution is 2.30. The number of rotatable bonds is 9. The number of benzene rings is 2. The second-order valence-corrected chi connectivity index (χ2v) is 10.9. The molecule has 186 valence electrons. The van der Waals surface area contributed by atoms with Gasteiger partial charge in [0.05, 0.1) is 31.7 Å². The first-order valence-electron chi connectivity index (χ1n) is 11.5. The number of carbonyl (C=O) groups excluding carboxylic acids is 1. The summed E-state index contributed by atoms with van der Waals surface area (Å²) in [5.41, 5.74) is 2.16. The normalized spacial score (nSPS) is 15.8. The SMILES string of the molecule is COc1ccc(S(=O)(=O)N(C)CC(=O)N[C@@H](C)c2ccc(N3CCC(C)CC3)cc2)cc1OC. The Morgan fingerprint density at radius 1 is 1.09 bits per heavy atom. The zero-order valence-corrected chi connectivity index (χ0v) is 21.4. The molecule has 0 aliphatic carbocycles. The second kappa shape index (κ2) is 11.1. The van der Waals surface area contributed by atoms with Gasteiger partial charge in [0.1, 0.15) is 0 Å². The molecule has 3 rings (SSSR count). The van der Waals surface area contributed by atoms with E-state index in [1.807, 2.05) is 19.1 Å². The number of amides is 1. The third kappa shape index (κ3) is 6.01. The van der Waals surface area contributed by atoms with Crippen molar-refractivity contribution in [1.29, 1.82) is 0 Å². The Hall–Kier alpha value is -2.78. The molecule has 0 radical (unpaired) electrons. The van der Waals surface area contributed by atoms with Crippen molar-refractivity contribution in [3.63, 3.8) is 0 Å². The predicted octanol–water partition coefficient (Wildman–Crippen LogP) is 3.44. The van der Waals surface area contributed by atoms with Gasteiger partial charge < -0.3 is 19.7 Å². The minimum atomic E-state index is -3.88. The molecule has 9 heteroatoms. The van der Waals surface area contributed by atoms with E-state index in [2.05, 4.69) is 29.3 Å². The maximum absolute atomic E-state index is 12.9. The molecule has 0 spiro atoms. The molecule has 1 heterocycles. The summed E-state index contributed by atoms with van der Waals surface area (Å²) in [5, 5.41) is 2.89. The molecule has 0 saturated carbocycles. The predicted molar refractivity (Wildman–Crippen MR) is 133 cm³/mol. The number of sulfonamides is 1. The van der Waals surface area contributed by atoms with Crippen molar-refractivity contribution in [2.24, 2.45) is 5.92 Å². The van der Waals surface area contributed by atoms with E-state index in [1.165, 1.54) is 58.0 Å². The number of anilines is 1. The van der Waals surface area contributed by atoms with Crippen LogP contribution in [0.3, 0.4) is 0 Å². The molecule has 1 saturated heterocycles. The Bertz CT molecular complexity index is 1080. The molecule has 1 aliphatic rings. The molecule has 1 atom stereocenters. The lowest BCUT2D eigenvalue weighted by atomic mass is 9.98. The number of nitrogens with one attached hydrogen (secondary N) is 1. The quantitative estimate of drug-likeness (QED) is 0.581. The Balaban J connectivity index is 1.60. The third-order valence-electron chi connectivity index (χ3n) is 6.35. The van der Waals surface area contributed by atoms with Gasteiger partial charge in [0.25, 0.3) is 0 Å². The minimum Gasteiger partial charge on any atom is -0.493 e. The number of carbonyl (C=O) groups is 1. The van der Waals surface area contributed by atoms with Gasteiger partial charge in [0.15, 0.2) is 11.5 Å². The molecule has 8 nitrogen and oxygen atoms in total. The molecule has 1 N–H and O–H groups in total. The van der Waals surface area contributed by atoms with Crippen LogP contribution in [0.5, 0.6) is 11.5 Å². The number of likely N-dealkylation sites (N-methyl/N-ethyl adjacent to an activating group) is 1. The summed E-state index contributed by atoms with van der Waals surface area (Å²) < 4.78 is 37.3. The average molecular weight is 490 g/mol. The maximum Gasteiger partial charge on any atom is 0.243 e. The fourth-order valence-corrected chi connectivity index (χ4v) is 5.20. The minimum absolute atomic E-state index is 0.0243. The molecular weight excluding hydrogens is 454 g/mol. The van der Waals surface area contributed by atoms with E-state index in [4.69, 9.17) is 9.47 Å². The summed E-state index contributed by atoms with van der Waals surface area (Å²) in [4.78, 5) is 15.0. The fourth-order valence-electron chi connectivity index (χ4n) is 4.06. The molecule has 0 aromatic heterocycles. The van der Waals surface area contributed by atoms with Gasteiger partial charge in [-0.25, -0.2) is 8.42 Å². The summed E-state index contributed by atoms with van der Waals surface area (Å²) in [6, 6.07) is 12.3. The molecule has 1 aliphatic heterocycles. The molecule has 2 aromatic carbocycles. The van der Waals surface area contributed by atoms with Crippen molar-refractivity contribution < 1.29 is 22.7 Å². The first-order chi connectivity index (χ1) is 16.1. The van der Waals surface area contributed by atoms with Crippen LogP contribution >= 0.6 is 0 Å². The zero-order valence-electron chi connectivity index (χ0n) is 20.6. The van der Waals surface area contributed by atoms with E-state index in [0.717, 1.165) is 28.9 Å². The van der Waals surface area contributed by atoms with E-state index in [-0.39, 0.29) is 23.4 Å². The van der Waals surface area contributed by atoms with E-state index in [0.29, 0.717) is 11.5 Å². The van der Waals surface area contributed by atoms with Crippen LogP contribution in [0.1, 0.15) is 38.3 Å². The lowest BCUT2D eigenvalue weighted by Gasteiger charge is -2.32. The van der Waals surface area contributed by atoms with Gasteiger partial charge in [-0.05, 0) is 55.5 Å². The van der Waals surface area contributed by atoms with Gasteiger partial charge in [-0.15, -0.1) is 0 Å². The van der Waals surface area contributed by atoms with Gasteiger partial charge in [-0.3, -0.25) is 4.79 Å². The fraction of sp³-hybridized carbons (Fsp3) is 0.480. The van der Waals surface area contributed by atoms with Crippen LogP contribution in [0.2, 0.25) is 0 Å². The topological polar surface area (TPSA) is 88.2 Å². The van der Waals surface area contributed by atoms with Crippen molar-refractivity contribution >= 4 is 21.6 Å². The van der Waals surface area contributed by atoms with Crippen LogP contribution in [-0.4, -0.2) is 59.5 Å². The lowest BCUT2D eigenvalue weighted by molar-refractivity contribution is -0.121. The van der Waals surface area contributed by atoms with Gasteiger partial charge in [-0.2, -0.15) is 4.31 Å². The van der Waals surface area contributed by atoms with Crippen molar-refractivity contribution in [3.8, 4) is 11.5 Å². The lowest BCUT2D eigenvalue weighted by Crippen LogP contribution is -2.39. The Labute approximate surface area is 202 Å². The van der Waals surface area contributed by atoms with Crippen LogP contribution in [-0.2, 0) is 14.8 Å². The zero-order chi connectivity index (χ0) is 24.9. The number of methoxy groups -OCH3 is 2. The Morgan fingerprint density at radius 2 is 1.71 bits per heavy atom. The van der Waals surface area contributed by atoms with Gasteiger partial charge in [0, 0.05) is 31.9 Å². The first-order valence-corrected chi connectivity index (χ1v) is 12.9. The second-order valence-electron chi connectivity index (χ2n) is 8.83. The number of nitrogens with zero attached hydrogens (tertiary/aromatic N) is 2. The van der Waals surface area contributed by atoms with Crippen molar-refractivity contribution in [2.75, 3.05) is 45.8 Å². The van der Waals surface area contributed by atoms with E-state index >= 15 is 0 Å². The number of ether oxygens (including phenoxy) is 2. The standard InChI is InChI=1S/C25H35N3O5S/c1-18-12-14-28(15-13-18)21-8-6-20(7-9-21)19(2)26-25(29)17-27(3)34(30,31)22-10-11-23(32-4)24(16-22)33-5/h6-11,16,18-19H,12-15,17H2,1-5H3,(H,26,29)/t19-/m0/s1. The van der Waals surface area contributed by atoms with E-state index in [1.54, 1.807) is 0 Å². The molecule has 0 bridgehead atoms. The molecule has 1 fully saturated rings. The summed E-state index contributed by atoms with van der Waals surface area (Å²) in [6.07, 6.45) is 2.40. The Morgan fingerprint density at radius 3 is 2.29 bits per heavy atom. The van der Waals surface area contributed by atoms with Crippen molar-refractivity contribution in [3.05, 3.63) is 48.0 Å². The summed E-state index contributed by atoms with van der Waals surface area (Å²) in [7, 11) is 0.411. The van der Waals surface area contributed by atoms with Crippen molar-refractivity contribution in [2.45, 2.75) is 37.6 Å². The summed E-state index contributed by atoms with van der Waals surface area (Å²) in [5.74, 6) is 1.13. The highest BCUT2D eigenvalue weighted by atomic mass is 32.2. The van der Waals surface area contributed by atoms with E-state index in [9.17, 15) is 13.2 Å².